The van der Waals surface area contributed by atoms with Gasteiger partial charge in [0, 0.05) is 30.4 Å². The number of carbonyl (C=O) groups excluding carboxylic acids is 1. The van der Waals surface area contributed by atoms with E-state index in [1.165, 1.54) is 36.2 Å². The Bertz CT molecular complexity index is 836. The summed E-state index contributed by atoms with van der Waals surface area (Å²) in [7, 11) is 1.48. The molecule has 1 amide bonds. The summed E-state index contributed by atoms with van der Waals surface area (Å²) in [6, 6.07) is 15.3. The van der Waals surface area contributed by atoms with Crippen molar-refractivity contribution in [2.24, 2.45) is 0 Å². The van der Waals surface area contributed by atoms with E-state index in [0.717, 1.165) is 0 Å². The van der Waals surface area contributed by atoms with Crippen LogP contribution < -0.4 is 4.90 Å². The van der Waals surface area contributed by atoms with Crippen molar-refractivity contribution in [2.75, 3.05) is 11.9 Å². The molecule has 2 rings (SSSR count). The summed E-state index contributed by atoms with van der Waals surface area (Å²) < 4.78 is 0. The van der Waals surface area contributed by atoms with E-state index in [0.29, 0.717) is 5.69 Å². The number of nitrogens with zero attached hydrogens (tertiary/aromatic N) is 3. The zero-order valence-corrected chi connectivity index (χ0v) is 12.7. The smallest absolute Gasteiger partial charge is 0.272 e. The van der Waals surface area contributed by atoms with Gasteiger partial charge in [0.15, 0.2) is 5.57 Å². The molecule has 0 fully saturated rings. The van der Waals surface area contributed by atoms with Gasteiger partial charge >= 0.3 is 0 Å². The Kier molecular flexibility index (Phi) is 4.92. The highest BCUT2D eigenvalue weighted by Gasteiger charge is 2.21. The molecular weight excluding hydrogens is 310 g/mol. The molecule has 0 spiro atoms. The zero-order chi connectivity index (χ0) is 17.7. The monoisotopic (exact) mass is 323 g/mol. The summed E-state index contributed by atoms with van der Waals surface area (Å²) in [5.74, 6) is -1.21. The molecule has 0 heterocycles. The van der Waals surface area contributed by atoms with Gasteiger partial charge in [-0.2, -0.15) is 5.26 Å². The molecule has 0 saturated heterocycles. The number of para-hydroxylation sites is 1. The minimum atomic E-state index is -0.681. The predicted molar refractivity (Wildman–Crippen MR) is 88.1 cm³/mol. The second-order valence-corrected chi connectivity index (χ2v) is 4.84. The van der Waals surface area contributed by atoms with Crippen molar-refractivity contribution < 1.29 is 14.8 Å². The molecule has 0 aliphatic carbocycles. The number of likely N-dealkylation sites (N-methyl/N-ethyl adjacent to an activating group) is 1. The molecule has 0 aliphatic heterocycles. The number of amides is 1. The topological polar surface area (TPSA) is 107 Å². The van der Waals surface area contributed by atoms with Crippen molar-refractivity contribution in [3.05, 3.63) is 75.8 Å². The van der Waals surface area contributed by atoms with Crippen molar-refractivity contribution in [2.45, 2.75) is 0 Å². The Morgan fingerprint density at radius 3 is 2.25 bits per heavy atom. The number of hydrogen-bond donors (Lipinski definition) is 1. The number of nitro benzene ring substituents is 1. The Hall–Kier alpha value is -3.66. The van der Waals surface area contributed by atoms with Crippen LogP contribution in [0.3, 0.4) is 0 Å². The maximum absolute atomic E-state index is 12.4. The van der Waals surface area contributed by atoms with Crippen LogP contribution in [-0.2, 0) is 4.79 Å². The number of non-ortho nitro benzene ring substituents is 1. The average molecular weight is 323 g/mol. The molecule has 0 radical (unpaired) electrons. The molecule has 0 atom stereocenters. The fourth-order valence-corrected chi connectivity index (χ4v) is 2.02. The third-order valence-corrected chi connectivity index (χ3v) is 3.36. The van der Waals surface area contributed by atoms with Gasteiger partial charge in [0.25, 0.3) is 11.6 Å². The van der Waals surface area contributed by atoms with E-state index >= 15 is 0 Å². The van der Waals surface area contributed by atoms with Crippen LogP contribution in [0, 0.1) is 21.4 Å². The Morgan fingerprint density at radius 2 is 1.75 bits per heavy atom. The number of hydrogen-bond acceptors (Lipinski definition) is 5. The number of nitriles is 1. The van der Waals surface area contributed by atoms with Gasteiger partial charge < -0.3 is 10.0 Å². The van der Waals surface area contributed by atoms with Crippen LogP contribution in [0.5, 0.6) is 0 Å². The number of anilines is 1. The van der Waals surface area contributed by atoms with Gasteiger partial charge in [-0.1, -0.05) is 18.2 Å². The van der Waals surface area contributed by atoms with Crippen LogP contribution in [-0.4, -0.2) is 23.0 Å². The van der Waals surface area contributed by atoms with Crippen molar-refractivity contribution in [3.63, 3.8) is 0 Å². The molecule has 0 unspecified atom stereocenters. The van der Waals surface area contributed by atoms with Crippen LogP contribution in [0.2, 0.25) is 0 Å². The lowest BCUT2D eigenvalue weighted by Gasteiger charge is -2.17. The first-order chi connectivity index (χ1) is 11.5. The third kappa shape index (κ3) is 3.39. The number of aliphatic hydroxyl groups excluding tert-OH is 1. The lowest BCUT2D eigenvalue weighted by molar-refractivity contribution is -0.384. The molecular formula is C17H13N3O4. The van der Waals surface area contributed by atoms with E-state index in [1.807, 2.05) is 0 Å². The van der Waals surface area contributed by atoms with Crippen molar-refractivity contribution >= 4 is 23.0 Å². The van der Waals surface area contributed by atoms with E-state index in [9.17, 15) is 25.3 Å². The standard InChI is InChI=1S/C17H13N3O4/c1-19(13-5-3-2-4-6-13)17(22)15(11-18)16(21)12-7-9-14(10-8-12)20(23)24/h2-10,21H,1H3/b16-15-. The van der Waals surface area contributed by atoms with Gasteiger partial charge in [-0.25, -0.2) is 0 Å². The predicted octanol–water partition coefficient (Wildman–Crippen LogP) is 3.05. The van der Waals surface area contributed by atoms with Gasteiger partial charge in [-0.3, -0.25) is 14.9 Å². The van der Waals surface area contributed by atoms with Crippen molar-refractivity contribution in [1.82, 2.24) is 0 Å². The SMILES string of the molecule is CN(C(=O)/C(C#N)=C(\O)c1ccc([N+](=O)[O-])cc1)c1ccccc1. The van der Waals surface area contributed by atoms with E-state index < -0.39 is 22.2 Å². The van der Waals surface area contributed by atoms with Crippen LogP contribution in [0.4, 0.5) is 11.4 Å². The number of nitro groups is 1. The maximum Gasteiger partial charge on any atom is 0.272 e. The fourth-order valence-electron chi connectivity index (χ4n) is 2.02. The molecule has 24 heavy (non-hydrogen) atoms. The van der Waals surface area contributed by atoms with Crippen molar-refractivity contribution in [3.8, 4) is 6.07 Å². The van der Waals surface area contributed by atoms with Gasteiger partial charge in [0.05, 0.1) is 4.92 Å². The first-order valence-electron chi connectivity index (χ1n) is 6.87. The Balaban J connectivity index is 2.38. The van der Waals surface area contributed by atoms with E-state index in [2.05, 4.69) is 0 Å². The molecule has 0 aromatic heterocycles. The lowest BCUT2D eigenvalue weighted by atomic mass is 10.1. The summed E-state index contributed by atoms with van der Waals surface area (Å²) >= 11 is 0. The molecule has 120 valence electrons. The van der Waals surface area contributed by atoms with Crippen LogP contribution >= 0.6 is 0 Å². The second kappa shape index (κ2) is 7.07. The van der Waals surface area contributed by atoms with Crippen LogP contribution in [0.15, 0.2) is 60.2 Å². The normalized spacial score (nSPS) is 11.2. The number of aliphatic hydroxyl groups is 1. The minimum Gasteiger partial charge on any atom is -0.506 e. The Morgan fingerprint density at radius 1 is 1.17 bits per heavy atom. The molecule has 0 saturated carbocycles. The van der Waals surface area contributed by atoms with Crippen LogP contribution in [0.25, 0.3) is 5.76 Å². The summed E-state index contributed by atoms with van der Waals surface area (Å²) in [4.78, 5) is 23.7. The average Bonchev–Trinajstić information content (AvgIpc) is 2.62. The van der Waals surface area contributed by atoms with Crippen LogP contribution in [0.1, 0.15) is 5.56 Å². The number of carbonyl (C=O) groups is 1. The molecule has 0 aliphatic rings. The van der Waals surface area contributed by atoms with Gasteiger partial charge in [0.2, 0.25) is 0 Å². The molecule has 2 aromatic rings. The molecule has 7 nitrogen and oxygen atoms in total. The number of rotatable bonds is 4. The molecule has 7 heteroatoms. The molecule has 2 aromatic carbocycles. The minimum absolute atomic E-state index is 0.145. The highest BCUT2D eigenvalue weighted by Crippen LogP contribution is 2.22. The Labute approximate surface area is 137 Å². The maximum atomic E-state index is 12.4. The third-order valence-electron chi connectivity index (χ3n) is 3.36. The van der Waals surface area contributed by atoms with E-state index in [-0.39, 0.29) is 11.3 Å². The van der Waals surface area contributed by atoms with E-state index in [4.69, 9.17) is 0 Å². The van der Waals surface area contributed by atoms with Crippen molar-refractivity contribution in [1.29, 1.82) is 5.26 Å². The lowest BCUT2D eigenvalue weighted by Crippen LogP contribution is -2.28. The largest absolute Gasteiger partial charge is 0.506 e. The summed E-state index contributed by atoms with van der Waals surface area (Å²) in [5.41, 5.74) is 0.103. The summed E-state index contributed by atoms with van der Waals surface area (Å²) in [6.45, 7) is 0. The molecule has 1 N–H and O–H groups in total. The highest BCUT2D eigenvalue weighted by atomic mass is 16.6. The highest BCUT2D eigenvalue weighted by molar-refractivity contribution is 6.12. The van der Waals surface area contributed by atoms with Gasteiger partial charge in [-0.05, 0) is 24.3 Å². The van der Waals surface area contributed by atoms with Gasteiger partial charge in [-0.15, -0.1) is 0 Å². The second-order valence-electron chi connectivity index (χ2n) is 4.84. The summed E-state index contributed by atoms with van der Waals surface area (Å²) in [5, 5.41) is 30.1. The first-order valence-corrected chi connectivity index (χ1v) is 6.87. The van der Waals surface area contributed by atoms with E-state index in [1.54, 1.807) is 36.4 Å². The zero-order valence-electron chi connectivity index (χ0n) is 12.7. The molecule has 0 bridgehead atoms. The van der Waals surface area contributed by atoms with Gasteiger partial charge in [0.1, 0.15) is 11.8 Å². The first kappa shape index (κ1) is 16.7. The summed E-state index contributed by atoms with van der Waals surface area (Å²) in [6.07, 6.45) is 0. The number of benzene rings is 2. The quantitative estimate of drug-likeness (QED) is 0.306. The fraction of sp³-hybridized carbons (Fsp3) is 0.0588.